The van der Waals surface area contributed by atoms with Crippen LogP contribution in [0.1, 0.15) is 40.1 Å². The average Bonchev–Trinajstić information content (AvgIpc) is 2.70. The van der Waals surface area contributed by atoms with E-state index in [1.165, 1.54) is 11.0 Å². The van der Waals surface area contributed by atoms with E-state index in [1.54, 1.807) is 24.3 Å². The fourth-order valence-electron chi connectivity index (χ4n) is 3.72. The molecule has 0 amide bonds. The van der Waals surface area contributed by atoms with E-state index in [4.69, 9.17) is 0 Å². The normalized spacial score (nSPS) is 15.8. The van der Waals surface area contributed by atoms with Crippen molar-refractivity contribution in [1.82, 2.24) is 9.97 Å². The highest BCUT2D eigenvalue weighted by Crippen LogP contribution is 2.35. The molecule has 1 saturated heterocycles. The van der Waals surface area contributed by atoms with E-state index >= 15 is 0 Å². The number of carboxylic acids is 1. The first-order valence-electron chi connectivity index (χ1n) is 9.62. The highest BCUT2D eigenvalue weighted by molar-refractivity contribution is 5.94. The molecule has 1 aliphatic rings. The largest absolute Gasteiger partial charge is 0.478 e. The number of nitriles is 1. The van der Waals surface area contributed by atoms with Gasteiger partial charge in [0, 0.05) is 11.3 Å². The third kappa shape index (κ3) is 3.84. The standard InChI is InChI=1S/C22H19F2N5O2/c1-12-7-15(13(2)26-16-6-4-3-5-14(16)21(30)31)19-17(8-12)27-18(9-25)20(28-19)29-10-22(23,24)11-29/h3-8,13,26H,10-11H2,1-2H3,(H,30,31)/t13-/m1/s1. The summed E-state index contributed by atoms with van der Waals surface area (Å²) in [7, 11) is 0. The van der Waals surface area contributed by atoms with Crippen molar-refractivity contribution >= 4 is 28.5 Å². The Bertz CT molecular complexity index is 1230. The number of halogens is 2. The van der Waals surface area contributed by atoms with Gasteiger partial charge in [-0.3, -0.25) is 0 Å². The summed E-state index contributed by atoms with van der Waals surface area (Å²) in [5.41, 5.74) is 3.13. The van der Waals surface area contributed by atoms with Crippen molar-refractivity contribution in [1.29, 1.82) is 5.26 Å². The third-order valence-corrected chi connectivity index (χ3v) is 5.17. The van der Waals surface area contributed by atoms with Gasteiger partial charge in [0.25, 0.3) is 5.92 Å². The number of aromatic nitrogens is 2. The molecule has 0 saturated carbocycles. The fourth-order valence-corrected chi connectivity index (χ4v) is 3.72. The van der Waals surface area contributed by atoms with Crippen LogP contribution in [-0.4, -0.2) is 40.1 Å². The molecule has 7 nitrogen and oxygen atoms in total. The van der Waals surface area contributed by atoms with E-state index < -0.39 is 25.0 Å². The Morgan fingerprint density at radius 2 is 2.00 bits per heavy atom. The fraction of sp³-hybridized carbons (Fsp3) is 0.273. The molecule has 2 aromatic carbocycles. The van der Waals surface area contributed by atoms with E-state index in [0.717, 1.165) is 11.1 Å². The zero-order chi connectivity index (χ0) is 22.3. The van der Waals surface area contributed by atoms with E-state index in [2.05, 4.69) is 15.3 Å². The van der Waals surface area contributed by atoms with Crippen LogP contribution in [0.25, 0.3) is 11.0 Å². The summed E-state index contributed by atoms with van der Waals surface area (Å²) in [4.78, 5) is 21.8. The summed E-state index contributed by atoms with van der Waals surface area (Å²) in [5.74, 6) is -3.73. The quantitative estimate of drug-likeness (QED) is 0.636. The van der Waals surface area contributed by atoms with Crippen LogP contribution in [0.5, 0.6) is 0 Å². The topological polar surface area (TPSA) is 102 Å². The summed E-state index contributed by atoms with van der Waals surface area (Å²) in [6.07, 6.45) is 0. The van der Waals surface area contributed by atoms with Crippen molar-refractivity contribution in [2.75, 3.05) is 23.3 Å². The molecule has 4 rings (SSSR count). The lowest BCUT2D eigenvalue weighted by atomic mass is 10.0. The molecule has 2 heterocycles. The number of nitrogens with one attached hydrogen (secondary N) is 1. The molecule has 0 aliphatic carbocycles. The Kier molecular flexibility index (Phi) is 4.93. The lowest BCUT2D eigenvalue weighted by Gasteiger charge is -2.39. The van der Waals surface area contributed by atoms with Crippen molar-refractivity contribution in [3.8, 4) is 6.07 Å². The Balaban J connectivity index is 1.79. The van der Waals surface area contributed by atoms with Gasteiger partial charge in [-0.2, -0.15) is 5.26 Å². The average molecular weight is 423 g/mol. The summed E-state index contributed by atoms with van der Waals surface area (Å²) in [6.45, 7) is 2.70. The van der Waals surface area contributed by atoms with Crippen molar-refractivity contribution in [2.45, 2.75) is 25.8 Å². The zero-order valence-corrected chi connectivity index (χ0v) is 16.9. The lowest BCUT2D eigenvalue weighted by Crippen LogP contribution is -2.57. The Labute approximate surface area is 177 Å². The van der Waals surface area contributed by atoms with Crippen molar-refractivity contribution in [3.63, 3.8) is 0 Å². The summed E-state index contributed by atoms with van der Waals surface area (Å²) < 4.78 is 26.8. The number of para-hydroxylation sites is 1. The molecule has 1 aliphatic heterocycles. The predicted molar refractivity (Wildman–Crippen MR) is 112 cm³/mol. The Hall–Kier alpha value is -3.80. The van der Waals surface area contributed by atoms with Gasteiger partial charge in [-0.25, -0.2) is 23.5 Å². The minimum Gasteiger partial charge on any atom is -0.478 e. The maximum Gasteiger partial charge on any atom is 0.337 e. The molecule has 0 unspecified atom stereocenters. The second-order valence-electron chi connectivity index (χ2n) is 7.66. The number of aryl methyl sites for hydroxylation is 1. The number of carbonyl (C=O) groups is 1. The lowest BCUT2D eigenvalue weighted by molar-refractivity contribution is -0.0267. The number of alkyl halides is 2. The summed E-state index contributed by atoms with van der Waals surface area (Å²) in [5, 5.41) is 22.1. The number of hydrogen-bond acceptors (Lipinski definition) is 6. The molecule has 31 heavy (non-hydrogen) atoms. The molecular weight excluding hydrogens is 404 g/mol. The molecule has 158 valence electrons. The molecule has 0 radical (unpaired) electrons. The van der Waals surface area contributed by atoms with Gasteiger partial charge < -0.3 is 15.3 Å². The number of rotatable bonds is 5. The molecule has 3 aromatic rings. The molecule has 1 atom stereocenters. The summed E-state index contributed by atoms with van der Waals surface area (Å²) >= 11 is 0. The van der Waals surface area contributed by atoms with Crippen LogP contribution in [0.3, 0.4) is 0 Å². The molecule has 2 N–H and O–H groups in total. The number of nitrogens with zero attached hydrogens (tertiary/aromatic N) is 4. The molecular formula is C22H19F2N5O2. The van der Waals surface area contributed by atoms with Crippen LogP contribution >= 0.6 is 0 Å². The number of benzene rings is 2. The Morgan fingerprint density at radius 3 is 2.65 bits per heavy atom. The second-order valence-corrected chi connectivity index (χ2v) is 7.66. The number of aromatic carboxylic acids is 1. The molecule has 9 heteroatoms. The van der Waals surface area contributed by atoms with Gasteiger partial charge >= 0.3 is 5.97 Å². The van der Waals surface area contributed by atoms with Crippen LogP contribution in [0.15, 0.2) is 36.4 Å². The zero-order valence-electron chi connectivity index (χ0n) is 16.9. The molecule has 0 spiro atoms. The van der Waals surface area contributed by atoms with Crippen molar-refractivity contribution < 1.29 is 18.7 Å². The van der Waals surface area contributed by atoms with Crippen LogP contribution in [0, 0.1) is 18.3 Å². The van der Waals surface area contributed by atoms with Crippen molar-refractivity contribution in [2.24, 2.45) is 0 Å². The van der Waals surface area contributed by atoms with E-state index in [0.29, 0.717) is 16.7 Å². The predicted octanol–water partition coefficient (Wildman–Crippen LogP) is 4.14. The number of carboxylic acid groups (broad SMARTS) is 1. The molecule has 1 aromatic heterocycles. The minimum atomic E-state index is -2.81. The highest BCUT2D eigenvalue weighted by atomic mass is 19.3. The van der Waals surface area contributed by atoms with Gasteiger partial charge in [0.2, 0.25) is 0 Å². The van der Waals surface area contributed by atoms with Gasteiger partial charge in [-0.15, -0.1) is 0 Å². The van der Waals surface area contributed by atoms with Crippen LogP contribution in [0.2, 0.25) is 0 Å². The van der Waals surface area contributed by atoms with Crippen LogP contribution < -0.4 is 10.2 Å². The smallest absolute Gasteiger partial charge is 0.337 e. The number of fused-ring (bicyclic) bond motifs is 1. The van der Waals surface area contributed by atoms with Crippen LogP contribution in [-0.2, 0) is 0 Å². The number of hydrogen-bond donors (Lipinski definition) is 2. The summed E-state index contributed by atoms with van der Waals surface area (Å²) in [6, 6.07) is 11.8. The first-order chi connectivity index (χ1) is 14.7. The van der Waals surface area contributed by atoms with E-state index in [-0.39, 0.29) is 23.1 Å². The van der Waals surface area contributed by atoms with Gasteiger partial charge in [0.05, 0.1) is 35.7 Å². The van der Waals surface area contributed by atoms with E-state index in [9.17, 15) is 23.9 Å². The maximum absolute atomic E-state index is 13.4. The minimum absolute atomic E-state index is 0.00335. The first-order valence-corrected chi connectivity index (χ1v) is 9.62. The SMILES string of the molecule is Cc1cc([C@@H](C)Nc2ccccc2C(=O)O)c2nc(N3CC(F)(F)C3)c(C#N)nc2c1. The van der Waals surface area contributed by atoms with Gasteiger partial charge in [0.1, 0.15) is 6.07 Å². The highest BCUT2D eigenvalue weighted by Gasteiger charge is 2.45. The van der Waals surface area contributed by atoms with Crippen molar-refractivity contribution in [3.05, 3.63) is 58.8 Å². The van der Waals surface area contributed by atoms with Gasteiger partial charge in [0.15, 0.2) is 11.5 Å². The Morgan fingerprint density at radius 1 is 1.29 bits per heavy atom. The monoisotopic (exact) mass is 423 g/mol. The van der Waals surface area contributed by atoms with Gasteiger partial charge in [-0.1, -0.05) is 18.2 Å². The second kappa shape index (κ2) is 7.47. The van der Waals surface area contributed by atoms with Gasteiger partial charge in [-0.05, 0) is 37.6 Å². The number of anilines is 2. The van der Waals surface area contributed by atoms with Crippen LogP contribution in [0.4, 0.5) is 20.3 Å². The molecule has 0 bridgehead atoms. The molecule has 1 fully saturated rings. The third-order valence-electron chi connectivity index (χ3n) is 5.17. The van der Waals surface area contributed by atoms with E-state index in [1.807, 2.05) is 26.0 Å². The maximum atomic E-state index is 13.4. The first kappa shape index (κ1) is 20.5.